The topological polar surface area (TPSA) is 222 Å². The summed E-state index contributed by atoms with van der Waals surface area (Å²) < 4.78 is 0. The van der Waals surface area contributed by atoms with E-state index in [-0.39, 0.29) is 31.6 Å². The fourth-order valence-electron chi connectivity index (χ4n) is 2.37. The van der Waals surface area contributed by atoms with E-state index in [0.29, 0.717) is 18.6 Å². The molecule has 0 aromatic carbocycles. The Morgan fingerprint density at radius 3 is 2.06 bits per heavy atom. The molecule has 0 saturated heterocycles. The van der Waals surface area contributed by atoms with E-state index in [0.717, 1.165) is 11.8 Å². The lowest BCUT2D eigenvalue weighted by Gasteiger charge is -2.19. The van der Waals surface area contributed by atoms with E-state index in [4.69, 9.17) is 21.7 Å². The maximum absolute atomic E-state index is 12.5. The highest BCUT2D eigenvalue weighted by molar-refractivity contribution is 8.00. The molecule has 184 valence electrons. The van der Waals surface area contributed by atoms with Crippen molar-refractivity contribution in [2.75, 3.05) is 24.3 Å². The van der Waals surface area contributed by atoms with Gasteiger partial charge in [0.15, 0.2) is 0 Å². The van der Waals surface area contributed by atoms with Crippen molar-refractivity contribution in [1.82, 2.24) is 10.6 Å². The number of thioether (sulfide) groups is 2. The third kappa shape index (κ3) is 13.4. The summed E-state index contributed by atoms with van der Waals surface area (Å²) in [5, 5.41) is 30.9. The average Bonchev–Trinajstić information content (AvgIpc) is 2.72. The average molecular weight is 497 g/mol. The van der Waals surface area contributed by atoms with Crippen molar-refractivity contribution in [2.24, 2.45) is 11.5 Å². The Labute approximate surface area is 194 Å². The SMILES string of the molecule is CSCC[C@H](NC(=O)CC(SC[C@H](N)C(=O)O)C(=O)NCCCC[C@H](N)C(=O)O)C(=O)O. The highest BCUT2D eigenvalue weighted by Crippen LogP contribution is 2.17. The molecule has 0 aliphatic heterocycles. The van der Waals surface area contributed by atoms with Gasteiger partial charge in [0, 0.05) is 18.7 Å². The maximum Gasteiger partial charge on any atom is 0.326 e. The van der Waals surface area contributed by atoms with Crippen LogP contribution in [0.5, 0.6) is 0 Å². The van der Waals surface area contributed by atoms with E-state index in [2.05, 4.69) is 10.6 Å². The van der Waals surface area contributed by atoms with E-state index in [1.807, 2.05) is 0 Å². The number of unbranched alkanes of at least 4 members (excludes halogenated alkanes) is 1. The number of rotatable bonds is 18. The first-order chi connectivity index (χ1) is 15.0. The Hall–Kier alpha value is -2.03. The molecular formula is C18H32N4O8S2. The zero-order valence-corrected chi connectivity index (χ0v) is 19.5. The fraction of sp³-hybridized carbons (Fsp3) is 0.722. The Morgan fingerprint density at radius 1 is 0.906 bits per heavy atom. The number of nitrogens with one attached hydrogen (secondary N) is 2. The predicted octanol–water partition coefficient (Wildman–Crippen LogP) is -1.09. The summed E-state index contributed by atoms with van der Waals surface area (Å²) in [6, 6.07) is -3.31. The molecule has 0 saturated carbocycles. The summed E-state index contributed by atoms with van der Waals surface area (Å²) in [7, 11) is 0. The summed E-state index contributed by atoms with van der Waals surface area (Å²) in [5.74, 6) is -4.32. The summed E-state index contributed by atoms with van der Waals surface area (Å²) >= 11 is 2.32. The Bertz CT molecular complexity index is 652. The van der Waals surface area contributed by atoms with Crippen LogP contribution in [0, 0.1) is 0 Å². The third-order valence-electron chi connectivity index (χ3n) is 4.26. The normalized spacial score (nSPS) is 14.6. The van der Waals surface area contributed by atoms with Crippen LogP contribution in [0.3, 0.4) is 0 Å². The number of carbonyl (C=O) groups is 5. The minimum atomic E-state index is -1.25. The van der Waals surface area contributed by atoms with Crippen LogP contribution in [0.15, 0.2) is 0 Å². The molecule has 0 fully saturated rings. The molecule has 0 rings (SSSR count). The first kappa shape index (κ1) is 30.0. The largest absolute Gasteiger partial charge is 0.480 e. The number of amides is 2. The highest BCUT2D eigenvalue weighted by Gasteiger charge is 2.27. The van der Waals surface area contributed by atoms with Gasteiger partial charge in [0.25, 0.3) is 0 Å². The number of carbonyl (C=O) groups excluding carboxylic acids is 2. The number of carboxylic acid groups (broad SMARTS) is 3. The number of carboxylic acids is 3. The van der Waals surface area contributed by atoms with E-state index in [1.54, 1.807) is 6.26 Å². The lowest BCUT2D eigenvalue weighted by molar-refractivity contribution is -0.142. The second kappa shape index (κ2) is 16.6. The summed E-state index contributed by atoms with van der Waals surface area (Å²) in [4.78, 5) is 57.8. The van der Waals surface area contributed by atoms with E-state index < -0.39 is 53.1 Å². The molecule has 0 aromatic rings. The third-order valence-corrected chi connectivity index (χ3v) is 6.24. The summed E-state index contributed by atoms with van der Waals surface area (Å²) in [6.07, 6.45) is 2.83. The van der Waals surface area contributed by atoms with Crippen molar-refractivity contribution in [1.29, 1.82) is 0 Å². The molecule has 0 aliphatic rings. The smallest absolute Gasteiger partial charge is 0.326 e. The van der Waals surface area contributed by atoms with Crippen LogP contribution in [0.4, 0.5) is 0 Å². The zero-order valence-electron chi connectivity index (χ0n) is 17.8. The van der Waals surface area contributed by atoms with Crippen molar-refractivity contribution in [2.45, 2.75) is 55.5 Å². The fourth-order valence-corrected chi connectivity index (χ4v) is 3.93. The second-order valence-corrected chi connectivity index (χ2v) is 9.16. The van der Waals surface area contributed by atoms with Gasteiger partial charge in [-0.3, -0.25) is 19.2 Å². The molecule has 9 N–H and O–H groups in total. The van der Waals surface area contributed by atoms with Gasteiger partial charge in [-0.15, -0.1) is 11.8 Å². The van der Waals surface area contributed by atoms with Crippen LogP contribution in [0.2, 0.25) is 0 Å². The molecule has 0 aromatic heterocycles. The van der Waals surface area contributed by atoms with Crippen LogP contribution >= 0.6 is 23.5 Å². The Balaban J connectivity index is 4.85. The first-order valence-corrected chi connectivity index (χ1v) is 12.3. The van der Waals surface area contributed by atoms with Gasteiger partial charge in [0.2, 0.25) is 11.8 Å². The van der Waals surface area contributed by atoms with Crippen LogP contribution in [-0.2, 0) is 24.0 Å². The van der Waals surface area contributed by atoms with Crippen molar-refractivity contribution in [3.63, 3.8) is 0 Å². The minimum absolute atomic E-state index is 0.122. The highest BCUT2D eigenvalue weighted by atomic mass is 32.2. The maximum atomic E-state index is 12.5. The van der Waals surface area contributed by atoms with Crippen LogP contribution in [-0.4, -0.2) is 92.7 Å². The van der Waals surface area contributed by atoms with Gasteiger partial charge in [-0.05, 0) is 37.7 Å². The van der Waals surface area contributed by atoms with Crippen LogP contribution < -0.4 is 22.1 Å². The van der Waals surface area contributed by atoms with Gasteiger partial charge in [0.05, 0.1) is 5.25 Å². The molecule has 0 radical (unpaired) electrons. The van der Waals surface area contributed by atoms with Crippen molar-refractivity contribution < 1.29 is 39.3 Å². The predicted molar refractivity (Wildman–Crippen MR) is 122 cm³/mol. The lowest BCUT2D eigenvalue weighted by atomic mass is 10.1. The molecule has 12 nitrogen and oxygen atoms in total. The Morgan fingerprint density at radius 2 is 1.53 bits per heavy atom. The lowest BCUT2D eigenvalue weighted by Crippen LogP contribution is -2.44. The number of aliphatic carboxylic acids is 3. The standard InChI is InChI=1S/C18H32N4O8S2/c1-31-7-5-12(18(29)30)22-14(23)8-13(32-9-11(20)17(27)28)15(24)21-6-3-2-4-10(19)16(25)26/h10-13H,2-9,19-20H2,1H3,(H,21,24)(H,22,23)(H,25,26)(H,27,28)(H,29,30)/t10-,11-,12-,13?/m0/s1. The number of hydrogen-bond donors (Lipinski definition) is 7. The molecule has 32 heavy (non-hydrogen) atoms. The molecule has 0 bridgehead atoms. The molecule has 0 heterocycles. The van der Waals surface area contributed by atoms with Gasteiger partial charge >= 0.3 is 17.9 Å². The van der Waals surface area contributed by atoms with Crippen molar-refractivity contribution in [3.05, 3.63) is 0 Å². The van der Waals surface area contributed by atoms with Crippen LogP contribution in [0.1, 0.15) is 32.1 Å². The quantitative estimate of drug-likeness (QED) is 0.112. The van der Waals surface area contributed by atoms with Crippen molar-refractivity contribution >= 4 is 53.2 Å². The summed E-state index contributed by atoms with van der Waals surface area (Å²) in [5.41, 5.74) is 10.9. The first-order valence-electron chi connectivity index (χ1n) is 9.86. The minimum Gasteiger partial charge on any atom is -0.480 e. The molecular weight excluding hydrogens is 464 g/mol. The molecule has 4 atom stereocenters. The summed E-state index contributed by atoms with van der Waals surface area (Å²) in [6.45, 7) is 0.209. The molecule has 1 unspecified atom stereocenters. The van der Waals surface area contributed by atoms with Crippen LogP contribution in [0.25, 0.3) is 0 Å². The van der Waals surface area contributed by atoms with Gasteiger partial charge in [-0.1, -0.05) is 0 Å². The molecule has 0 spiro atoms. The van der Waals surface area contributed by atoms with Gasteiger partial charge in [0.1, 0.15) is 18.1 Å². The van der Waals surface area contributed by atoms with E-state index >= 15 is 0 Å². The molecule has 2 amide bonds. The Kier molecular flexibility index (Phi) is 15.5. The van der Waals surface area contributed by atoms with E-state index in [9.17, 15) is 29.1 Å². The van der Waals surface area contributed by atoms with Gasteiger partial charge in [-0.25, -0.2) is 4.79 Å². The van der Waals surface area contributed by atoms with Crippen molar-refractivity contribution in [3.8, 4) is 0 Å². The molecule has 0 aliphatic carbocycles. The molecule has 14 heteroatoms. The monoisotopic (exact) mass is 496 g/mol. The van der Waals surface area contributed by atoms with Gasteiger partial charge < -0.3 is 37.4 Å². The number of hydrogen-bond acceptors (Lipinski definition) is 9. The van der Waals surface area contributed by atoms with E-state index in [1.165, 1.54) is 11.8 Å². The second-order valence-electron chi connectivity index (χ2n) is 6.94. The van der Waals surface area contributed by atoms with Gasteiger partial charge in [-0.2, -0.15) is 11.8 Å². The zero-order chi connectivity index (χ0) is 24.7. The number of nitrogens with two attached hydrogens (primary N) is 2.